The van der Waals surface area contributed by atoms with E-state index >= 15 is 0 Å². The van der Waals surface area contributed by atoms with Crippen molar-refractivity contribution in [1.82, 2.24) is 14.9 Å². The first kappa shape index (κ1) is 16.1. The van der Waals surface area contributed by atoms with Crippen molar-refractivity contribution in [2.24, 2.45) is 0 Å². The first-order valence-corrected chi connectivity index (χ1v) is 8.78. The van der Waals surface area contributed by atoms with Crippen LogP contribution in [0.2, 0.25) is 0 Å². The van der Waals surface area contributed by atoms with Gasteiger partial charge in [0.15, 0.2) is 5.82 Å². The fourth-order valence-electron chi connectivity index (χ4n) is 3.16. The highest BCUT2D eigenvalue weighted by molar-refractivity contribution is 5.78. The molecule has 2 aromatic rings. The Morgan fingerprint density at radius 2 is 2.28 bits per heavy atom. The fourth-order valence-corrected chi connectivity index (χ4v) is 3.16. The highest BCUT2D eigenvalue weighted by Crippen LogP contribution is 2.25. The number of anilines is 1. The van der Waals surface area contributed by atoms with E-state index in [1.807, 2.05) is 12.1 Å². The lowest BCUT2D eigenvalue weighted by Gasteiger charge is -2.34. The summed E-state index contributed by atoms with van der Waals surface area (Å²) in [7, 11) is 0. The number of carbonyl (C=O) groups excluding carboxylic acids is 1. The summed E-state index contributed by atoms with van der Waals surface area (Å²) in [4.78, 5) is 23.5. The van der Waals surface area contributed by atoms with Crippen LogP contribution in [0.3, 0.4) is 0 Å². The number of nitrogens with one attached hydrogen (secondary N) is 1. The molecule has 25 heavy (non-hydrogen) atoms. The van der Waals surface area contributed by atoms with E-state index in [1.165, 1.54) is 19.3 Å². The van der Waals surface area contributed by atoms with Crippen molar-refractivity contribution >= 4 is 11.7 Å². The minimum absolute atomic E-state index is 0.00389. The summed E-state index contributed by atoms with van der Waals surface area (Å²) < 4.78 is 10.9. The zero-order valence-electron chi connectivity index (χ0n) is 14.1. The maximum Gasteiger partial charge on any atom is 0.230 e. The predicted molar refractivity (Wildman–Crippen MR) is 91.0 cm³/mol. The molecular weight excluding hydrogens is 320 g/mol. The van der Waals surface area contributed by atoms with E-state index in [0.717, 1.165) is 5.82 Å². The van der Waals surface area contributed by atoms with Gasteiger partial charge in [-0.15, -0.1) is 0 Å². The number of rotatable bonds is 5. The van der Waals surface area contributed by atoms with E-state index in [0.29, 0.717) is 37.4 Å². The van der Waals surface area contributed by atoms with E-state index in [1.54, 1.807) is 23.4 Å². The molecule has 1 saturated heterocycles. The van der Waals surface area contributed by atoms with Gasteiger partial charge in [0.1, 0.15) is 17.6 Å². The van der Waals surface area contributed by atoms with Gasteiger partial charge in [-0.05, 0) is 37.5 Å². The molecule has 0 bridgehead atoms. The van der Waals surface area contributed by atoms with Gasteiger partial charge in [0.2, 0.25) is 5.91 Å². The van der Waals surface area contributed by atoms with Crippen LogP contribution in [0.5, 0.6) is 0 Å². The van der Waals surface area contributed by atoms with Crippen LogP contribution in [0.25, 0.3) is 0 Å². The summed E-state index contributed by atoms with van der Waals surface area (Å²) in [5.74, 6) is 2.11. The smallest absolute Gasteiger partial charge is 0.230 e. The van der Waals surface area contributed by atoms with Crippen LogP contribution in [-0.2, 0) is 16.0 Å². The maximum atomic E-state index is 12.7. The average molecular weight is 342 g/mol. The number of hydrogen-bond acceptors (Lipinski definition) is 6. The Kier molecular flexibility index (Phi) is 4.65. The molecule has 1 amide bonds. The van der Waals surface area contributed by atoms with Crippen LogP contribution < -0.4 is 5.32 Å². The Balaban J connectivity index is 1.50. The highest BCUT2D eigenvalue weighted by Gasteiger charge is 2.31. The lowest BCUT2D eigenvalue weighted by molar-refractivity contribution is -0.140. The number of hydrogen-bond donors (Lipinski definition) is 1. The quantitative estimate of drug-likeness (QED) is 0.897. The number of carbonyl (C=O) groups is 1. The normalized spacial score (nSPS) is 21.0. The molecule has 1 aliphatic carbocycles. The van der Waals surface area contributed by atoms with Gasteiger partial charge in [-0.1, -0.05) is 0 Å². The van der Waals surface area contributed by atoms with E-state index in [4.69, 9.17) is 9.15 Å². The predicted octanol–water partition coefficient (Wildman–Crippen LogP) is 2.18. The fraction of sp³-hybridized carbons (Fsp3) is 0.500. The molecule has 2 aromatic heterocycles. The summed E-state index contributed by atoms with van der Waals surface area (Å²) in [6.45, 7) is 1.48. The summed E-state index contributed by atoms with van der Waals surface area (Å²) in [5, 5.41) is 3.43. The summed E-state index contributed by atoms with van der Waals surface area (Å²) >= 11 is 0. The van der Waals surface area contributed by atoms with Gasteiger partial charge in [0, 0.05) is 18.8 Å². The molecule has 0 aromatic carbocycles. The van der Waals surface area contributed by atoms with E-state index < -0.39 is 0 Å². The van der Waals surface area contributed by atoms with Crippen molar-refractivity contribution < 1.29 is 13.9 Å². The van der Waals surface area contributed by atoms with E-state index in [2.05, 4.69) is 15.3 Å². The maximum absolute atomic E-state index is 12.7. The second-order valence-electron chi connectivity index (χ2n) is 6.51. The molecule has 1 saturated carbocycles. The van der Waals surface area contributed by atoms with Crippen LogP contribution in [0.1, 0.15) is 36.9 Å². The third kappa shape index (κ3) is 3.66. The molecule has 1 atom stereocenters. The monoisotopic (exact) mass is 342 g/mol. The zero-order chi connectivity index (χ0) is 17.1. The van der Waals surface area contributed by atoms with Crippen molar-refractivity contribution in [2.45, 2.75) is 37.8 Å². The van der Waals surface area contributed by atoms with Crippen LogP contribution in [-0.4, -0.2) is 46.6 Å². The molecule has 1 N–H and O–H groups in total. The first-order valence-electron chi connectivity index (χ1n) is 8.78. The van der Waals surface area contributed by atoms with Crippen molar-refractivity contribution in [3.8, 4) is 0 Å². The van der Waals surface area contributed by atoms with Crippen molar-refractivity contribution in [3.63, 3.8) is 0 Å². The van der Waals surface area contributed by atoms with Crippen molar-refractivity contribution in [3.05, 3.63) is 42.2 Å². The van der Waals surface area contributed by atoms with Gasteiger partial charge in [-0.2, -0.15) is 0 Å². The molecule has 0 radical (unpaired) electrons. The standard InChI is InChI=1S/C18H22N4O3/c23-17(11-14-5-2-9-25-14)22-8-10-24-12-15(22)18-19-7-6-16(21-18)20-13-3-1-4-13/h2,5-7,9,13,15H,1,3-4,8,10-12H2,(H,19,20,21)/t15-/m1/s1. The van der Waals surface area contributed by atoms with E-state index in [-0.39, 0.29) is 18.4 Å². The van der Waals surface area contributed by atoms with Crippen LogP contribution in [0.15, 0.2) is 35.1 Å². The second-order valence-corrected chi connectivity index (χ2v) is 6.51. The highest BCUT2D eigenvalue weighted by atomic mass is 16.5. The Hall–Kier alpha value is -2.41. The van der Waals surface area contributed by atoms with Crippen molar-refractivity contribution in [1.29, 1.82) is 0 Å². The minimum Gasteiger partial charge on any atom is -0.469 e. The summed E-state index contributed by atoms with van der Waals surface area (Å²) in [6.07, 6.45) is 7.19. The number of ether oxygens (including phenoxy) is 1. The molecule has 2 aliphatic rings. The summed E-state index contributed by atoms with van der Waals surface area (Å²) in [6, 6.07) is 5.72. The zero-order valence-corrected chi connectivity index (χ0v) is 14.1. The molecule has 3 heterocycles. The minimum atomic E-state index is -0.264. The molecule has 132 valence electrons. The third-order valence-electron chi connectivity index (χ3n) is 4.78. The van der Waals surface area contributed by atoms with Gasteiger partial charge in [0.25, 0.3) is 0 Å². The van der Waals surface area contributed by atoms with E-state index in [9.17, 15) is 4.79 Å². The van der Waals surface area contributed by atoms with Crippen LogP contribution in [0, 0.1) is 0 Å². The van der Waals surface area contributed by atoms with Gasteiger partial charge in [0.05, 0.1) is 25.9 Å². The molecule has 7 nitrogen and oxygen atoms in total. The second kappa shape index (κ2) is 7.23. The number of morpholine rings is 1. The third-order valence-corrected chi connectivity index (χ3v) is 4.78. The largest absolute Gasteiger partial charge is 0.469 e. The Morgan fingerprint density at radius 1 is 1.36 bits per heavy atom. The van der Waals surface area contributed by atoms with Crippen molar-refractivity contribution in [2.75, 3.05) is 25.1 Å². The van der Waals surface area contributed by atoms with Gasteiger partial charge < -0.3 is 19.4 Å². The number of nitrogens with zero attached hydrogens (tertiary/aromatic N) is 3. The number of amides is 1. The SMILES string of the molecule is O=C(Cc1ccco1)N1CCOC[C@@H]1c1nccc(NC2CCC2)n1. The Morgan fingerprint density at radius 3 is 3.04 bits per heavy atom. The Labute approximate surface area is 146 Å². The Bertz CT molecular complexity index is 715. The number of furan rings is 1. The molecular formula is C18H22N4O3. The average Bonchev–Trinajstić information content (AvgIpc) is 3.11. The molecule has 0 spiro atoms. The number of aromatic nitrogens is 2. The van der Waals surface area contributed by atoms with Crippen LogP contribution in [0.4, 0.5) is 5.82 Å². The lowest BCUT2D eigenvalue weighted by atomic mass is 9.93. The van der Waals surface area contributed by atoms with Crippen LogP contribution >= 0.6 is 0 Å². The molecule has 1 aliphatic heterocycles. The molecule has 7 heteroatoms. The summed E-state index contributed by atoms with van der Waals surface area (Å²) in [5.41, 5.74) is 0. The molecule has 4 rings (SSSR count). The van der Waals surface area contributed by atoms with Gasteiger partial charge in [-0.3, -0.25) is 4.79 Å². The molecule has 0 unspecified atom stereocenters. The molecule has 2 fully saturated rings. The first-order chi connectivity index (χ1) is 12.3. The van der Waals surface area contributed by atoms with Gasteiger partial charge in [-0.25, -0.2) is 9.97 Å². The van der Waals surface area contributed by atoms with Gasteiger partial charge >= 0.3 is 0 Å². The topological polar surface area (TPSA) is 80.5 Å². The lowest BCUT2D eigenvalue weighted by Crippen LogP contribution is -2.44.